The first-order valence-electron chi connectivity index (χ1n) is 8.69. The molecule has 3 rings (SSSR count). The Morgan fingerprint density at radius 1 is 1.38 bits per heavy atom. The molecule has 2 N–H and O–H groups in total. The van der Waals surface area contributed by atoms with Crippen molar-refractivity contribution in [1.82, 2.24) is 30.4 Å². The minimum absolute atomic E-state index is 0.0131. The van der Waals surface area contributed by atoms with Gasteiger partial charge in [-0.25, -0.2) is 4.39 Å². The number of tetrazole rings is 1. The van der Waals surface area contributed by atoms with Gasteiger partial charge in [0, 0.05) is 30.6 Å². The zero-order valence-corrected chi connectivity index (χ0v) is 14.7. The van der Waals surface area contributed by atoms with E-state index in [-0.39, 0.29) is 30.4 Å². The van der Waals surface area contributed by atoms with Crippen molar-refractivity contribution in [3.05, 3.63) is 30.1 Å². The summed E-state index contributed by atoms with van der Waals surface area (Å²) in [6.45, 7) is 1.34. The number of likely N-dealkylation sites (N-methyl/N-ethyl adjacent to an activating group) is 1. The number of carbonyl (C=O) groups is 1. The molecule has 1 aliphatic heterocycles. The molecular weight excluding hydrogens is 339 g/mol. The summed E-state index contributed by atoms with van der Waals surface area (Å²) in [5.74, 6) is 0.102. The van der Waals surface area contributed by atoms with Crippen LogP contribution in [0.5, 0.6) is 0 Å². The van der Waals surface area contributed by atoms with Crippen molar-refractivity contribution >= 4 is 5.91 Å². The van der Waals surface area contributed by atoms with Gasteiger partial charge >= 0.3 is 0 Å². The highest BCUT2D eigenvalue weighted by Crippen LogP contribution is 2.16. The number of hydrogen-bond acceptors (Lipinski definition) is 6. The molecule has 140 valence electrons. The average molecular weight is 362 g/mol. The van der Waals surface area contributed by atoms with Gasteiger partial charge in [0.25, 0.3) is 0 Å². The van der Waals surface area contributed by atoms with Crippen molar-refractivity contribution in [3.8, 4) is 11.4 Å². The summed E-state index contributed by atoms with van der Waals surface area (Å²) in [5.41, 5.74) is 0.694. The Balaban J connectivity index is 1.42. The normalized spacial score (nSPS) is 20.4. The van der Waals surface area contributed by atoms with Gasteiger partial charge in [-0.1, -0.05) is 0 Å². The van der Waals surface area contributed by atoms with Gasteiger partial charge in [-0.3, -0.25) is 9.69 Å². The summed E-state index contributed by atoms with van der Waals surface area (Å²) >= 11 is 0. The van der Waals surface area contributed by atoms with Gasteiger partial charge in [0.2, 0.25) is 11.7 Å². The third-order valence-corrected chi connectivity index (χ3v) is 4.58. The van der Waals surface area contributed by atoms with Crippen molar-refractivity contribution in [1.29, 1.82) is 0 Å². The standard InChI is InChI=1S/C17H23FN6O2/c1-23-10-14(9-15(23)11-25)19-16(26)3-2-8-24-21-17(20-22-24)12-4-6-13(18)7-5-12/h4-7,14-15,25H,2-3,8-11H2,1H3,(H,19,26)/t14-,15+/m1/s1. The van der Waals surface area contributed by atoms with Crippen LogP contribution in [-0.4, -0.2) is 68.4 Å². The Morgan fingerprint density at radius 3 is 2.85 bits per heavy atom. The lowest BCUT2D eigenvalue weighted by atomic mass is 10.1. The molecule has 1 saturated heterocycles. The van der Waals surface area contributed by atoms with E-state index in [2.05, 4.69) is 25.6 Å². The maximum absolute atomic E-state index is 12.9. The number of rotatable bonds is 7. The smallest absolute Gasteiger partial charge is 0.220 e. The summed E-state index contributed by atoms with van der Waals surface area (Å²) in [4.78, 5) is 15.6. The fourth-order valence-corrected chi connectivity index (χ4v) is 3.13. The quantitative estimate of drug-likeness (QED) is 0.742. The fourth-order valence-electron chi connectivity index (χ4n) is 3.13. The molecule has 2 atom stereocenters. The molecule has 1 amide bonds. The molecule has 1 fully saturated rings. The van der Waals surface area contributed by atoms with Crippen LogP contribution in [0.2, 0.25) is 0 Å². The number of hydrogen-bond donors (Lipinski definition) is 2. The maximum Gasteiger partial charge on any atom is 0.220 e. The average Bonchev–Trinajstić information content (AvgIpc) is 3.22. The summed E-state index contributed by atoms with van der Waals surface area (Å²) in [6.07, 6.45) is 1.73. The molecule has 0 aliphatic carbocycles. The summed E-state index contributed by atoms with van der Waals surface area (Å²) in [5, 5.41) is 24.4. The predicted octanol–water partition coefficient (Wildman–Crippen LogP) is 0.441. The first-order valence-corrected chi connectivity index (χ1v) is 8.69. The fraction of sp³-hybridized carbons (Fsp3) is 0.529. The number of nitrogens with zero attached hydrogens (tertiary/aromatic N) is 5. The van der Waals surface area contributed by atoms with E-state index in [9.17, 15) is 14.3 Å². The van der Waals surface area contributed by atoms with Crippen LogP contribution in [0.1, 0.15) is 19.3 Å². The van der Waals surface area contributed by atoms with Crippen LogP contribution in [0.15, 0.2) is 24.3 Å². The molecule has 2 aromatic rings. The first-order chi connectivity index (χ1) is 12.5. The third kappa shape index (κ3) is 4.61. The van der Waals surface area contributed by atoms with Crippen molar-refractivity contribution < 1.29 is 14.3 Å². The Morgan fingerprint density at radius 2 is 2.15 bits per heavy atom. The van der Waals surface area contributed by atoms with Crippen LogP contribution in [0.4, 0.5) is 4.39 Å². The lowest BCUT2D eigenvalue weighted by Gasteiger charge is -2.15. The van der Waals surface area contributed by atoms with Crippen LogP contribution in [-0.2, 0) is 11.3 Å². The molecule has 0 spiro atoms. The van der Waals surface area contributed by atoms with E-state index in [1.165, 1.54) is 16.9 Å². The highest BCUT2D eigenvalue weighted by molar-refractivity contribution is 5.76. The maximum atomic E-state index is 12.9. The van der Waals surface area contributed by atoms with E-state index < -0.39 is 0 Å². The Kier molecular flexibility index (Phi) is 5.89. The number of aryl methyl sites for hydroxylation is 1. The van der Waals surface area contributed by atoms with Gasteiger partial charge in [-0.05, 0) is 49.4 Å². The Bertz CT molecular complexity index is 735. The second kappa shape index (κ2) is 8.33. The van der Waals surface area contributed by atoms with Crippen LogP contribution >= 0.6 is 0 Å². The van der Waals surface area contributed by atoms with Gasteiger partial charge in [-0.2, -0.15) is 4.80 Å². The lowest BCUT2D eigenvalue weighted by Crippen LogP contribution is -2.36. The van der Waals surface area contributed by atoms with E-state index in [1.807, 2.05) is 7.05 Å². The highest BCUT2D eigenvalue weighted by atomic mass is 19.1. The van der Waals surface area contributed by atoms with Gasteiger partial charge in [0.05, 0.1) is 13.2 Å². The molecule has 8 nitrogen and oxygen atoms in total. The van der Waals surface area contributed by atoms with Gasteiger partial charge in [0.15, 0.2) is 0 Å². The molecule has 0 saturated carbocycles. The topological polar surface area (TPSA) is 96.2 Å². The molecule has 0 radical (unpaired) electrons. The zero-order valence-electron chi connectivity index (χ0n) is 14.7. The van der Waals surface area contributed by atoms with Crippen molar-refractivity contribution in [2.75, 3.05) is 20.2 Å². The summed E-state index contributed by atoms with van der Waals surface area (Å²) in [7, 11) is 1.95. The monoisotopic (exact) mass is 362 g/mol. The van der Waals surface area contributed by atoms with E-state index in [4.69, 9.17) is 0 Å². The number of benzene rings is 1. The van der Waals surface area contributed by atoms with Crippen LogP contribution in [0, 0.1) is 5.82 Å². The second-order valence-electron chi connectivity index (χ2n) is 6.60. The molecule has 26 heavy (non-hydrogen) atoms. The number of nitrogens with one attached hydrogen (secondary N) is 1. The van der Waals surface area contributed by atoms with Gasteiger partial charge < -0.3 is 10.4 Å². The molecule has 1 aromatic carbocycles. The van der Waals surface area contributed by atoms with Crippen LogP contribution in [0.25, 0.3) is 11.4 Å². The molecule has 2 heterocycles. The minimum atomic E-state index is -0.314. The summed E-state index contributed by atoms with van der Waals surface area (Å²) < 4.78 is 12.9. The second-order valence-corrected chi connectivity index (χ2v) is 6.60. The molecular formula is C17H23FN6O2. The number of carbonyl (C=O) groups excluding carboxylic acids is 1. The van der Waals surface area contributed by atoms with E-state index in [0.717, 1.165) is 13.0 Å². The highest BCUT2D eigenvalue weighted by Gasteiger charge is 2.29. The number of aliphatic hydroxyl groups excluding tert-OH is 1. The van der Waals surface area contributed by atoms with Crippen molar-refractivity contribution in [2.24, 2.45) is 0 Å². The zero-order chi connectivity index (χ0) is 18.5. The molecule has 0 unspecified atom stereocenters. The lowest BCUT2D eigenvalue weighted by molar-refractivity contribution is -0.121. The van der Waals surface area contributed by atoms with Crippen LogP contribution < -0.4 is 5.32 Å². The number of aromatic nitrogens is 4. The SMILES string of the molecule is CN1C[C@H](NC(=O)CCCn2nnc(-c3ccc(F)cc3)n2)C[C@H]1CO. The molecule has 1 aromatic heterocycles. The van der Waals surface area contributed by atoms with Gasteiger partial charge in [-0.15, -0.1) is 10.2 Å². The minimum Gasteiger partial charge on any atom is -0.395 e. The van der Waals surface area contributed by atoms with Crippen molar-refractivity contribution in [2.45, 2.75) is 37.9 Å². The van der Waals surface area contributed by atoms with E-state index in [0.29, 0.717) is 30.8 Å². The number of amides is 1. The molecule has 9 heteroatoms. The molecule has 0 bridgehead atoms. The predicted molar refractivity (Wildman–Crippen MR) is 92.5 cm³/mol. The van der Waals surface area contributed by atoms with Gasteiger partial charge in [0.1, 0.15) is 5.82 Å². The van der Waals surface area contributed by atoms with E-state index >= 15 is 0 Å². The summed E-state index contributed by atoms with van der Waals surface area (Å²) in [6, 6.07) is 6.10. The number of halogens is 1. The van der Waals surface area contributed by atoms with Crippen LogP contribution in [0.3, 0.4) is 0 Å². The number of likely N-dealkylation sites (tertiary alicyclic amines) is 1. The van der Waals surface area contributed by atoms with E-state index in [1.54, 1.807) is 12.1 Å². The Labute approximate surface area is 151 Å². The van der Waals surface area contributed by atoms with Crippen molar-refractivity contribution in [3.63, 3.8) is 0 Å². The third-order valence-electron chi connectivity index (χ3n) is 4.58. The first kappa shape index (κ1) is 18.4. The Hall–Kier alpha value is -2.39. The number of aliphatic hydroxyl groups is 1. The largest absolute Gasteiger partial charge is 0.395 e. The molecule has 1 aliphatic rings.